The number of nitrogens with zero attached hydrogens (tertiary/aromatic N) is 1. The average molecular weight is 1110 g/mol. The molecule has 0 aromatic rings. The van der Waals surface area contributed by atoms with Crippen LogP contribution in [0.2, 0.25) is 0 Å². The standard InChI is InChI=1S/C68H137N2O6P/c1-6-8-10-12-14-16-18-20-22-24-26-28-30-32-33-34-35-36-37-38-40-42-44-46-48-50-52-54-56-58-60-62-68(72)69-66(65-76-77(73,74)75-64-63-70(3,4)5)67(71)61-59-57-55-53-51-49-47-45-43-41-39-31-29-27-25-23-21-19-17-15-13-11-9-7-2/h24,26,66-67,71H,6-23,25,27-65H2,1-5H3,(H-,69,72,73,74)/p+1/b26-24-. The molecule has 460 valence electrons. The molecule has 77 heavy (non-hydrogen) atoms. The molecular weight excluding hydrogens is 972 g/mol. The molecule has 0 aliphatic rings. The minimum Gasteiger partial charge on any atom is -0.391 e. The van der Waals surface area contributed by atoms with Crippen molar-refractivity contribution in [3.05, 3.63) is 12.2 Å². The first-order valence-corrected chi connectivity index (χ1v) is 36.0. The van der Waals surface area contributed by atoms with E-state index in [0.29, 0.717) is 23.9 Å². The topological polar surface area (TPSA) is 105 Å². The van der Waals surface area contributed by atoms with Gasteiger partial charge in [0.15, 0.2) is 0 Å². The van der Waals surface area contributed by atoms with Gasteiger partial charge in [-0.3, -0.25) is 13.8 Å². The predicted octanol–water partition coefficient (Wildman–Crippen LogP) is 21.7. The molecule has 8 nitrogen and oxygen atoms in total. The number of rotatable bonds is 65. The molecule has 3 unspecified atom stereocenters. The Labute approximate surface area is 482 Å². The number of unbranched alkanes of at least 4 members (excludes halogenated alkanes) is 50. The van der Waals surface area contributed by atoms with E-state index in [1.807, 2.05) is 21.1 Å². The summed E-state index contributed by atoms with van der Waals surface area (Å²) in [6.45, 7) is 4.96. The molecule has 0 rings (SSSR count). The van der Waals surface area contributed by atoms with Crippen LogP contribution in [0.25, 0.3) is 0 Å². The molecule has 0 aliphatic carbocycles. The number of hydrogen-bond donors (Lipinski definition) is 3. The Kier molecular flexibility index (Phi) is 59.3. The molecule has 0 fully saturated rings. The van der Waals surface area contributed by atoms with E-state index in [0.717, 1.165) is 38.5 Å². The second-order valence-corrected chi connectivity index (χ2v) is 26.7. The second-order valence-electron chi connectivity index (χ2n) is 25.3. The van der Waals surface area contributed by atoms with Crippen LogP contribution in [0.4, 0.5) is 0 Å². The van der Waals surface area contributed by atoms with Gasteiger partial charge in [0.1, 0.15) is 13.2 Å². The zero-order valence-electron chi connectivity index (χ0n) is 52.7. The van der Waals surface area contributed by atoms with Crippen LogP contribution in [0.3, 0.4) is 0 Å². The first-order valence-electron chi connectivity index (χ1n) is 34.6. The number of carbonyl (C=O) groups is 1. The highest BCUT2D eigenvalue weighted by atomic mass is 31.2. The molecule has 9 heteroatoms. The van der Waals surface area contributed by atoms with Crippen LogP contribution in [0.15, 0.2) is 12.2 Å². The molecule has 0 heterocycles. The van der Waals surface area contributed by atoms with Gasteiger partial charge in [-0.2, -0.15) is 0 Å². The third-order valence-electron chi connectivity index (χ3n) is 16.3. The van der Waals surface area contributed by atoms with Crippen LogP contribution in [-0.2, 0) is 18.4 Å². The summed E-state index contributed by atoms with van der Waals surface area (Å²) in [7, 11) is 1.64. The van der Waals surface area contributed by atoms with Crippen molar-refractivity contribution in [2.75, 3.05) is 40.9 Å². The number of phosphoric acid groups is 1. The highest BCUT2D eigenvalue weighted by Crippen LogP contribution is 2.43. The Hall–Kier alpha value is -0.760. The summed E-state index contributed by atoms with van der Waals surface area (Å²) in [5.41, 5.74) is 0. The second kappa shape index (κ2) is 59.8. The van der Waals surface area contributed by atoms with Crippen LogP contribution in [-0.4, -0.2) is 73.4 Å². The van der Waals surface area contributed by atoms with Crippen molar-refractivity contribution < 1.29 is 32.9 Å². The Morgan fingerprint density at radius 2 is 0.701 bits per heavy atom. The van der Waals surface area contributed by atoms with Gasteiger partial charge in [0.2, 0.25) is 5.91 Å². The van der Waals surface area contributed by atoms with Crippen LogP contribution >= 0.6 is 7.82 Å². The van der Waals surface area contributed by atoms with Crippen molar-refractivity contribution in [1.82, 2.24) is 5.32 Å². The maximum atomic E-state index is 13.1. The van der Waals surface area contributed by atoms with E-state index < -0.39 is 20.0 Å². The summed E-state index contributed by atoms with van der Waals surface area (Å²) >= 11 is 0. The van der Waals surface area contributed by atoms with E-state index in [9.17, 15) is 19.4 Å². The lowest BCUT2D eigenvalue weighted by molar-refractivity contribution is -0.870. The molecule has 0 radical (unpaired) electrons. The third kappa shape index (κ3) is 62.7. The largest absolute Gasteiger partial charge is 0.472 e. The number of likely N-dealkylation sites (N-methyl/N-ethyl adjacent to an activating group) is 1. The van der Waals surface area contributed by atoms with E-state index >= 15 is 0 Å². The summed E-state index contributed by atoms with van der Waals surface area (Å²) in [5, 5.41) is 14.1. The Bertz CT molecular complexity index is 1260. The highest BCUT2D eigenvalue weighted by molar-refractivity contribution is 7.47. The molecule has 0 saturated carbocycles. The van der Waals surface area contributed by atoms with Gasteiger partial charge >= 0.3 is 7.82 Å². The minimum absolute atomic E-state index is 0.0784. The molecule has 0 saturated heterocycles. The first kappa shape index (κ1) is 76.2. The predicted molar refractivity (Wildman–Crippen MR) is 337 cm³/mol. The lowest BCUT2D eigenvalue weighted by atomic mass is 10.0. The number of quaternary nitrogens is 1. The Morgan fingerprint density at radius 3 is 1.00 bits per heavy atom. The molecule has 0 bridgehead atoms. The molecule has 3 atom stereocenters. The van der Waals surface area contributed by atoms with Crippen LogP contribution < -0.4 is 5.32 Å². The lowest BCUT2D eigenvalue weighted by Gasteiger charge is -2.26. The van der Waals surface area contributed by atoms with E-state index in [-0.39, 0.29) is 19.1 Å². The third-order valence-corrected chi connectivity index (χ3v) is 17.2. The summed E-state index contributed by atoms with van der Waals surface area (Å²) in [5.74, 6) is -0.135. The quantitative estimate of drug-likeness (QED) is 0.0243. The smallest absolute Gasteiger partial charge is 0.391 e. The monoisotopic (exact) mass is 1110 g/mol. The summed E-state index contributed by atoms with van der Waals surface area (Å²) in [4.78, 5) is 23.4. The minimum atomic E-state index is -4.33. The summed E-state index contributed by atoms with van der Waals surface area (Å²) in [6.07, 6.45) is 76.0. The highest BCUT2D eigenvalue weighted by Gasteiger charge is 2.28. The SMILES string of the molecule is CCCCCCCCCC/C=C\CCCCCCCCCCCCCCCCCCCCCC(=O)NC(COP(=O)(O)OCC[N+](C)(C)C)C(O)CCCCCCCCCCCCCCCCCCCCCCCCCC. The van der Waals surface area contributed by atoms with Crippen molar-refractivity contribution in [2.45, 2.75) is 379 Å². The van der Waals surface area contributed by atoms with Gasteiger partial charge in [-0.05, 0) is 38.5 Å². The van der Waals surface area contributed by atoms with Crippen molar-refractivity contribution in [3.8, 4) is 0 Å². The van der Waals surface area contributed by atoms with Crippen molar-refractivity contribution in [3.63, 3.8) is 0 Å². The normalized spacial score (nSPS) is 13.7. The molecule has 0 aromatic carbocycles. The van der Waals surface area contributed by atoms with E-state index in [4.69, 9.17) is 9.05 Å². The molecule has 0 aromatic heterocycles. The fourth-order valence-corrected chi connectivity index (χ4v) is 11.6. The lowest BCUT2D eigenvalue weighted by Crippen LogP contribution is -2.46. The molecule has 0 aliphatic heterocycles. The number of hydrogen-bond acceptors (Lipinski definition) is 5. The van der Waals surface area contributed by atoms with Crippen molar-refractivity contribution in [2.24, 2.45) is 0 Å². The number of nitrogens with one attached hydrogen (secondary N) is 1. The van der Waals surface area contributed by atoms with Gasteiger partial charge in [0.05, 0.1) is 39.9 Å². The molecular formula is C68H138N2O6P+. The number of phosphoric ester groups is 1. The van der Waals surface area contributed by atoms with E-state index in [2.05, 4.69) is 31.3 Å². The van der Waals surface area contributed by atoms with Gasteiger partial charge in [0.25, 0.3) is 0 Å². The molecule has 3 N–H and O–H groups in total. The van der Waals surface area contributed by atoms with Gasteiger partial charge in [-0.15, -0.1) is 0 Å². The number of aliphatic hydroxyl groups excluding tert-OH is 1. The zero-order valence-corrected chi connectivity index (χ0v) is 53.6. The number of allylic oxidation sites excluding steroid dienone is 2. The fourth-order valence-electron chi connectivity index (χ4n) is 10.9. The molecule has 0 spiro atoms. The van der Waals surface area contributed by atoms with Crippen LogP contribution in [0, 0.1) is 0 Å². The summed E-state index contributed by atoms with van der Waals surface area (Å²) in [6, 6.07) is -0.758. The maximum Gasteiger partial charge on any atom is 0.472 e. The summed E-state index contributed by atoms with van der Waals surface area (Å²) < 4.78 is 23.9. The van der Waals surface area contributed by atoms with E-state index in [1.165, 1.54) is 302 Å². The number of amides is 1. The van der Waals surface area contributed by atoms with Gasteiger partial charge < -0.3 is 19.8 Å². The average Bonchev–Trinajstić information content (AvgIpc) is 3.39. The van der Waals surface area contributed by atoms with Gasteiger partial charge in [-0.25, -0.2) is 4.57 Å². The number of aliphatic hydroxyl groups is 1. The Balaban J connectivity index is 3.99. The fraction of sp³-hybridized carbons (Fsp3) is 0.956. The maximum absolute atomic E-state index is 13.1. The zero-order chi connectivity index (χ0) is 56.3. The van der Waals surface area contributed by atoms with Crippen LogP contribution in [0.5, 0.6) is 0 Å². The molecule has 1 amide bonds. The van der Waals surface area contributed by atoms with E-state index in [1.54, 1.807) is 0 Å². The Morgan fingerprint density at radius 1 is 0.429 bits per heavy atom. The van der Waals surface area contributed by atoms with Gasteiger partial charge in [0, 0.05) is 6.42 Å². The number of carbonyl (C=O) groups excluding carboxylic acids is 1. The first-order chi connectivity index (χ1) is 37.5. The van der Waals surface area contributed by atoms with Crippen molar-refractivity contribution in [1.29, 1.82) is 0 Å². The van der Waals surface area contributed by atoms with Crippen LogP contribution in [0.1, 0.15) is 367 Å². The van der Waals surface area contributed by atoms with Gasteiger partial charge in [-0.1, -0.05) is 334 Å². The van der Waals surface area contributed by atoms with Crippen molar-refractivity contribution >= 4 is 13.7 Å².